The second-order valence-corrected chi connectivity index (χ2v) is 10.4. The molecule has 8 nitrogen and oxygen atoms in total. The van der Waals surface area contributed by atoms with Crippen molar-refractivity contribution in [1.82, 2.24) is 0 Å². The number of carbonyl (C=O) groups excluding carboxylic acids is 4. The van der Waals surface area contributed by atoms with Gasteiger partial charge in [-0.1, -0.05) is 64.1 Å². The van der Waals surface area contributed by atoms with Crippen molar-refractivity contribution in [3.8, 4) is 0 Å². The Morgan fingerprint density at radius 3 is 2.16 bits per heavy atom. The molecule has 0 spiro atoms. The summed E-state index contributed by atoms with van der Waals surface area (Å²) in [7, 11) is 0. The predicted octanol–water partition coefficient (Wildman–Crippen LogP) is 6.27. The van der Waals surface area contributed by atoms with E-state index in [4.69, 9.17) is 14.2 Å². The van der Waals surface area contributed by atoms with Crippen LogP contribution in [0.15, 0.2) is 48.5 Å². The first kappa shape index (κ1) is 29.9. The summed E-state index contributed by atoms with van der Waals surface area (Å²) in [6, 6.07) is 14.3. The van der Waals surface area contributed by atoms with Crippen molar-refractivity contribution in [1.29, 1.82) is 0 Å². The lowest BCUT2D eigenvalue weighted by Gasteiger charge is -2.18. The lowest BCUT2D eigenvalue weighted by atomic mass is 9.99. The molecule has 0 heterocycles. The van der Waals surface area contributed by atoms with Crippen molar-refractivity contribution in [2.45, 2.75) is 41.0 Å². The van der Waals surface area contributed by atoms with E-state index in [0.29, 0.717) is 24.3 Å². The molecule has 0 aliphatic rings. The quantitative estimate of drug-likeness (QED) is 0.268. The van der Waals surface area contributed by atoms with Crippen LogP contribution >= 0.6 is 11.8 Å². The van der Waals surface area contributed by atoms with Gasteiger partial charge < -0.3 is 19.5 Å². The van der Waals surface area contributed by atoms with E-state index in [1.807, 2.05) is 58.0 Å². The van der Waals surface area contributed by atoms with E-state index >= 15 is 0 Å². The Kier molecular flexibility index (Phi) is 12.2. The van der Waals surface area contributed by atoms with E-state index in [1.54, 1.807) is 19.1 Å². The highest BCUT2D eigenvalue weighted by Crippen LogP contribution is 2.23. The Hall–Kier alpha value is -3.33. The van der Waals surface area contributed by atoms with Crippen molar-refractivity contribution < 1.29 is 33.4 Å². The normalized spacial score (nSPS) is 11.6. The second-order valence-electron chi connectivity index (χ2n) is 9.46. The number of carbonyl (C=O) groups is 4. The van der Waals surface area contributed by atoms with Crippen molar-refractivity contribution in [3.63, 3.8) is 0 Å². The Balaban J connectivity index is 2.12. The van der Waals surface area contributed by atoms with Gasteiger partial charge >= 0.3 is 17.4 Å². The Labute approximate surface area is 222 Å². The highest BCUT2D eigenvalue weighted by atomic mass is 32.2. The first-order valence-corrected chi connectivity index (χ1v) is 13.2. The largest absolute Gasteiger partial charge is 0.516 e. The fourth-order valence-electron chi connectivity index (χ4n) is 3.19. The zero-order chi connectivity index (χ0) is 27.4. The molecule has 1 unspecified atom stereocenters. The van der Waals surface area contributed by atoms with Gasteiger partial charge in [-0.25, -0.2) is 14.4 Å². The van der Waals surface area contributed by atoms with Gasteiger partial charge in [0, 0.05) is 11.4 Å². The van der Waals surface area contributed by atoms with Gasteiger partial charge in [0.1, 0.15) is 0 Å². The minimum absolute atomic E-state index is 0.0991. The highest BCUT2D eigenvalue weighted by Gasteiger charge is 2.24. The van der Waals surface area contributed by atoms with E-state index in [1.165, 1.54) is 6.07 Å². The standard InChI is InChI=1S/C28H35NO7S/c1-18(2)15-34-27(32)36-26(31)23-12-9-13-24(20(23)5)29-25(30)22(14-21-10-7-6-8-11-21)17-37-28(33)35-16-19(3)4/h6-13,18-19,22H,14-17H2,1-5H3,(H,29,30). The molecule has 0 aliphatic carbocycles. The number of esters is 1. The molecule has 1 amide bonds. The number of anilines is 1. The van der Waals surface area contributed by atoms with Gasteiger partial charge in [-0.3, -0.25) is 4.79 Å². The third kappa shape index (κ3) is 10.7. The van der Waals surface area contributed by atoms with Crippen LogP contribution in [0, 0.1) is 24.7 Å². The van der Waals surface area contributed by atoms with Crippen LogP contribution in [-0.4, -0.2) is 42.3 Å². The SMILES string of the molecule is Cc1c(NC(=O)C(CSC(=O)OCC(C)C)Cc2ccccc2)cccc1C(=O)OC(=O)OCC(C)C. The van der Waals surface area contributed by atoms with Crippen molar-refractivity contribution in [2.75, 3.05) is 24.3 Å². The van der Waals surface area contributed by atoms with Crippen LogP contribution in [0.2, 0.25) is 0 Å². The number of hydrogen-bond donors (Lipinski definition) is 1. The van der Waals surface area contributed by atoms with Crippen LogP contribution in [0.25, 0.3) is 0 Å². The number of benzene rings is 2. The van der Waals surface area contributed by atoms with Gasteiger partial charge in [0.25, 0.3) is 0 Å². The third-order valence-electron chi connectivity index (χ3n) is 5.15. The molecule has 200 valence electrons. The molecule has 1 N–H and O–H groups in total. The first-order valence-electron chi connectivity index (χ1n) is 12.2. The molecule has 0 aromatic heterocycles. The maximum Gasteiger partial charge on any atom is 0.516 e. The summed E-state index contributed by atoms with van der Waals surface area (Å²) in [6.07, 6.45) is -0.656. The zero-order valence-corrected chi connectivity index (χ0v) is 22.8. The third-order valence-corrected chi connectivity index (χ3v) is 6.08. The average Bonchev–Trinajstić information content (AvgIpc) is 2.85. The molecule has 2 aromatic carbocycles. The summed E-state index contributed by atoms with van der Waals surface area (Å²) >= 11 is 0.963. The Morgan fingerprint density at radius 2 is 1.51 bits per heavy atom. The predicted molar refractivity (Wildman–Crippen MR) is 144 cm³/mol. The molecule has 0 fully saturated rings. The van der Waals surface area contributed by atoms with Gasteiger partial charge in [-0.05, 0) is 60.2 Å². The smallest absolute Gasteiger partial charge is 0.457 e. The molecule has 2 aromatic rings. The molecular weight excluding hydrogens is 494 g/mol. The highest BCUT2D eigenvalue weighted by molar-refractivity contribution is 8.13. The lowest BCUT2D eigenvalue weighted by Crippen LogP contribution is -2.28. The molecule has 9 heteroatoms. The summed E-state index contributed by atoms with van der Waals surface area (Å²) in [5, 5.41) is 2.44. The van der Waals surface area contributed by atoms with E-state index in [0.717, 1.165) is 17.3 Å². The second kappa shape index (κ2) is 15.0. The van der Waals surface area contributed by atoms with Crippen LogP contribution < -0.4 is 5.32 Å². The molecular formula is C28H35NO7S. The van der Waals surface area contributed by atoms with E-state index in [-0.39, 0.29) is 35.7 Å². The number of amides is 1. The van der Waals surface area contributed by atoms with Crippen LogP contribution in [0.3, 0.4) is 0 Å². The van der Waals surface area contributed by atoms with Gasteiger partial charge in [0.05, 0.1) is 24.7 Å². The van der Waals surface area contributed by atoms with Crippen molar-refractivity contribution in [3.05, 3.63) is 65.2 Å². The van der Waals surface area contributed by atoms with Crippen LogP contribution in [0.5, 0.6) is 0 Å². The van der Waals surface area contributed by atoms with Gasteiger partial charge in [0.15, 0.2) is 0 Å². The molecule has 37 heavy (non-hydrogen) atoms. The maximum absolute atomic E-state index is 13.3. The van der Waals surface area contributed by atoms with E-state index in [9.17, 15) is 19.2 Å². The molecule has 0 saturated carbocycles. The molecule has 2 rings (SSSR count). The lowest BCUT2D eigenvalue weighted by molar-refractivity contribution is -0.119. The molecule has 0 aliphatic heterocycles. The minimum Gasteiger partial charge on any atom is -0.457 e. The van der Waals surface area contributed by atoms with Crippen LogP contribution in [0.1, 0.15) is 49.2 Å². The number of thioether (sulfide) groups is 1. The molecule has 0 saturated heterocycles. The monoisotopic (exact) mass is 529 g/mol. The Morgan fingerprint density at radius 1 is 0.865 bits per heavy atom. The summed E-state index contributed by atoms with van der Waals surface area (Å²) in [6.45, 7) is 9.72. The summed E-state index contributed by atoms with van der Waals surface area (Å²) in [5.41, 5.74) is 1.93. The minimum atomic E-state index is -1.07. The maximum atomic E-state index is 13.3. The summed E-state index contributed by atoms with van der Waals surface area (Å²) < 4.78 is 14.9. The van der Waals surface area contributed by atoms with Crippen molar-refractivity contribution in [2.24, 2.45) is 17.8 Å². The fraction of sp³-hybridized carbons (Fsp3) is 0.429. The van der Waals surface area contributed by atoms with Crippen molar-refractivity contribution >= 4 is 40.8 Å². The number of hydrogen-bond acceptors (Lipinski definition) is 8. The van der Waals surface area contributed by atoms with Gasteiger partial charge in [0.2, 0.25) is 5.91 Å². The summed E-state index contributed by atoms with van der Waals surface area (Å²) in [4.78, 5) is 49.8. The van der Waals surface area contributed by atoms with Crippen LogP contribution in [0.4, 0.5) is 15.3 Å². The number of nitrogens with one attached hydrogen (secondary N) is 1. The Bertz CT molecular complexity index is 1070. The fourth-order valence-corrected chi connectivity index (χ4v) is 3.95. The van der Waals surface area contributed by atoms with E-state index < -0.39 is 23.3 Å². The molecule has 0 bridgehead atoms. The first-order chi connectivity index (χ1) is 17.6. The number of rotatable bonds is 11. The van der Waals surface area contributed by atoms with Gasteiger partial charge in [-0.2, -0.15) is 0 Å². The van der Waals surface area contributed by atoms with E-state index in [2.05, 4.69) is 5.32 Å². The average molecular weight is 530 g/mol. The number of ether oxygens (including phenoxy) is 3. The van der Waals surface area contributed by atoms with Gasteiger partial charge in [-0.15, -0.1) is 0 Å². The topological polar surface area (TPSA) is 108 Å². The molecule has 0 radical (unpaired) electrons. The molecule has 1 atom stereocenters. The zero-order valence-electron chi connectivity index (χ0n) is 21.9. The summed E-state index contributed by atoms with van der Waals surface area (Å²) in [5.74, 6) is -1.18. The van der Waals surface area contributed by atoms with Crippen LogP contribution in [-0.2, 0) is 25.4 Å².